The van der Waals surface area contributed by atoms with E-state index in [0.29, 0.717) is 23.1 Å². The molecule has 0 unspecified atom stereocenters. The molecule has 1 aromatic carbocycles. The Hall–Kier alpha value is -2.24. The number of aliphatic hydroxyl groups excluding tert-OH is 2. The van der Waals surface area contributed by atoms with Crippen molar-refractivity contribution in [2.45, 2.75) is 18.6 Å². The van der Waals surface area contributed by atoms with E-state index in [9.17, 15) is 19.4 Å². The van der Waals surface area contributed by atoms with E-state index in [1.165, 1.54) is 23.4 Å². The lowest BCUT2D eigenvalue weighted by atomic mass is 10.2. The Morgan fingerprint density at radius 2 is 2.25 bits per heavy atom. The van der Waals surface area contributed by atoms with Crippen molar-refractivity contribution in [3.05, 3.63) is 51.8 Å². The van der Waals surface area contributed by atoms with Gasteiger partial charge in [0.2, 0.25) is 5.76 Å². The number of pyridine rings is 1. The monoisotopic (exact) mass is 497 g/mol. The van der Waals surface area contributed by atoms with E-state index in [4.69, 9.17) is 4.42 Å². The molecule has 3 heterocycles. The fraction of sp³-hybridized carbons (Fsp3) is 0.263. The summed E-state index contributed by atoms with van der Waals surface area (Å²) in [6, 6.07) is 5.61. The lowest BCUT2D eigenvalue weighted by Crippen LogP contribution is -2.42. The molecule has 2 atom stereocenters. The predicted octanol–water partition coefficient (Wildman–Crippen LogP) is 2.88. The number of nitrogens with one attached hydrogen (secondary N) is 1. The van der Waals surface area contributed by atoms with Crippen LogP contribution >= 0.6 is 22.6 Å². The number of rotatable bonds is 4. The van der Waals surface area contributed by atoms with Crippen molar-refractivity contribution in [1.82, 2.24) is 9.88 Å². The number of halogens is 2. The number of benzene rings is 1. The number of amides is 1. The summed E-state index contributed by atoms with van der Waals surface area (Å²) in [5.41, 5.74) is 0.916. The zero-order chi connectivity index (χ0) is 19.8. The average Bonchev–Trinajstić information content (AvgIpc) is 3.24. The average molecular weight is 497 g/mol. The molecule has 1 saturated heterocycles. The van der Waals surface area contributed by atoms with E-state index in [2.05, 4.69) is 10.3 Å². The second-order valence-corrected chi connectivity index (χ2v) is 7.78. The highest BCUT2D eigenvalue weighted by Gasteiger charge is 2.38. The van der Waals surface area contributed by atoms with Crippen LogP contribution in [0.4, 0.5) is 15.8 Å². The van der Waals surface area contributed by atoms with E-state index in [1.54, 1.807) is 18.2 Å². The van der Waals surface area contributed by atoms with Crippen molar-refractivity contribution >= 4 is 50.8 Å². The van der Waals surface area contributed by atoms with Crippen molar-refractivity contribution in [3.63, 3.8) is 0 Å². The highest BCUT2D eigenvalue weighted by Crippen LogP contribution is 2.35. The molecule has 3 aromatic rings. The summed E-state index contributed by atoms with van der Waals surface area (Å²) in [5, 5.41) is 23.0. The molecule has 0 aliphatic carbocycles. The van der Waals surface area contributed by atoms with Crippen LogP contribution in [0.15, 0.2) is 41.1 Å². The standard InChI is InChI=1S/C19H17FIN3O4/c20-12-7-10(21)1-2-13(12)23-17-11-8-22-5-3-16(11)28-18(17)19(27)24-6-4-15(26)14(24)9-25/h1-3,5,7-8,14-15,23,25-26H,4,6,9H2/t14-,15+/m1/s1. The lowest BCUT2D eigenvalue weighted by Gasteiger charge is -2.24. The van der Waals surface area contributed by atoms with Crippen molar-refractivity contribution in [2.24, 2.45) is 0 Å². The molecule has 0 bridgehead atoms. The number of aliphatic hydroxyl groups is 2. The van der Waals surface area contributed by atoms with Gasteiger partial charge in [0.05, 0.1) is 29.8 Å². The van der Waals surface area contributed by atoms with Gasteiger partial charge in [0, 0.05) is 22.5 Å². The number of fused-ring (bicyclic) bond motifs is 1. The molecule has 1 amide bonds. The number of likely N-dealkylation sites (tertiary alicyclic amines) is 1. The van der Waals surface area contributed by atoms with Gasteiger partial charge in [-0.3, -0.25) is 9.78 Å². The summed E-state index contributed by atoms with van der Waals surface area (Å²) in [6.45, 7) is -0.0684. The fourth-order valence-corrected chi connectivity index (χ4v) is 3.84. The molecule has 0 radical (unpaired) electrons. The Balaban J connectivity index is 1.78. The first-order valence-electron chi connectivity index (χ1n) is 8.68. The quantitative estimate of drug-likeness (QED) is 0.480. The van der Waals surface area contributed by atoms with Gasteiger partial charge in [-0.15, -0.1) is 0 Å². The van der Waals surface area contributed by atoms with Crippen LogP contribution in [0.1, 0.15) is 17.0 Å². The molecular formula is C19H17FIN3O4. The third-order valence-corrected chi connectivity index (χ3v) is 5.50. The molecule has 28 heavy (non-hydrogen) atoms. The molecule has 0 spiro atoms. The molecule has 1 aliphatic rings. The first-order valence-corrected chi connectivity index (χ1v) is 9.76. The number of aromatic nitrogens is 1. The number of carbonyl (C=O) groups excluding carboxylic acids is 1. The molecule has 7 nitrogen and oxygen atoms in total. The molecule has 146 valence electrons. The van der Waals surface area contributed by atoms with Crippen molar-refractivity contribution < 1.29 is 23.8 Å². The van der Waals surface area contributed by atoms with Gasteiger partial charge in [0.1, 0.15) is 17.1 Å². The van der Waals surface area contributed by atoms with Crippen LogP contribution < -0.4 is 5.32 Å². The number of hydrogen-bond acceptors (Lipinski definition) is 6. The van der Waals surface area contributed by atoms with Gasteiger partial charge in [-0.2, -0.15) is 0 Å². The van der Waals surface area contributed by atoms with Gasteiger partial charge in [-0.1, -0.05) is 0 Å². The normalized spacial score (nSPS) is 19.4. The van der Waals surface area contributed by atoms with Crippen LogP contribution in [0.3, 0.4) is 0 Å². The highest BCUT2D eigenvalue weighted by molar-refractivity contribution is 14.1. The molecule has 9 heteroatoms. The van der Waals surface area contributed by atoms with Gasteiger partial charge < -0.3 is 24.8 Å². The molecule has 4 rings (SSSR count). The Labute approximate surface area is 173 Å². The first-order chi connectivity index (χ1) is 13.5. The first kappa shape index (κ1) is 19.1. The minimum absolute atomic E-state index is 0.0199. The van der Waals surface area contributed by atoms with Crippen LogP contribution in [0.5, 0.6) is 0 Å². The summed E-state index contributed by atoms with van der Waals surface area (Å²) in [7, 11) is 0. The summed E-state index contributed by atoms with van der Waals surface area (Å²) >= 11 is 2.01. The van der Waals surface area contributed by atoms with Gasteiger partial charge in [0.25, 0.3) is 5.91 Å². The third-order valence-electron chi connectivity index (χ3n) is 4.83. The number of nitrogens with zero attached hydrogens (tertiary/aromatic N) is 2. The number of carbonyl (C=O) groups is 1. The van der Waals surface area contributed by atoms with Gasteiger partial charge >= 0.3 is 0 Å². The largest absolute Gasteiger partial charge is 0.448 e. The molecule has 1 aliphatic heterocycles. The molecular weight excluding hydrogens is 480 g/mol. The van der Waals surface area contributed by atoms with E-state index >= 15 is 0 Å². The summed E-state index contributed by atoms with van der Waals surface area (Å²) in [5.74, 6) is -0.970. The Bertz CT molecular complexity index is 1040. The van der Waals surface area contributed by atoms with Crippen LogP contribution in [-0.4, -0.2) is 51.3 Å². The van der Waals surface area contributed by atoms with Crippen LogP contribution in [0, 0.1) is 9.39 Å². The molecule has 0 saturated carbocycles. The maximum atomic E-state index is 14.4. The van der Waals surface area contributed by atoms with Crippen LogP contribution in [-0.2, 0) is 0 Å². The third kappa shape index (κ3) is 3.33. The van der Waals surface area contributed by atoms with E-state index in [-0.39, 0.29) is 24.6 Å². The van der Waals surface area contributed by atoms with Gasteiger partial charge in [-0.25, -0.2) is 4.39 Å². The second kappa shape index (κ2) is 7.64. The number of anilines is 2. The Morgan fingerprint density at radius 3 is 3.00 bits per heavy atom. The summed E-state index contributed by atoms with van der Waals surface area (Å²) < 4.78 is 20.9. The maximum Gasteiger partial charge on any atom is 0.292 e. The second-order valence-electron chi connectivity index (χ2n) is 6.53. The number of hydrogen-bond donors (Lipinski definition) is 3. The SMILES string of the molecule is O=C(c1oc2ccncc2c1Nc1ccc(I)cc1F)N1CC[C@H](O)[C@H]1CO. The zero-order valence-electron chi connectivity index (χ0n) is 14.6. The topological polar surface area (TPSA) is 98.8 Å². The fourth-order valence-electron chi connectivity index (χ4n) is 3.38. The Morgan fingerprint density at radius 1 is 1.43 bits per heavy atom. The summed E-state index contributed by atoms with van der Waals surface area (Å²) in [4.78, 5) is 18.6. The van der Waals surface area contributed by atoms with Crippen molar-refractivity contribution in [3.8, 4) is 0 Å². The highest BCUT2D eigenvalue weighted by atomic mass is 127. The predicted molar refractivity (Wildman–Crippen MR) is 109 cm³/mol. The minimum atomic E-state index is -0.801. The number of furan rings is 1. The van der Waals surface area contributed by atoms with Gasteiger partial charge in [0.15, 0.2) is 0 Å². The molecule has 3 N–H and O–H groups in total. The minimum Gasteiger partial charge on any atom is -0.448 e. The zero-order valence-corrected chi connectivity index (χ0v) is 16.8. The molecule has 1 fully saturated rings. The molecule has 2 aromatic heterocycles. The maximum absolute atomic E-state index is 14.4. The van der Waals surface area contributed by atoms with E-state index in [0.717, 1.165) is 3.57 Å². The smallest absolute Gasteiger partial charge is 0.292 e. The summed E-state index contributed by atoms with van der Waals surface area (Å²) in [6.07, 6.45) is 2.63. The van der Waals surface area contributed by atoms with Crippen molar-refractivity contribution in [2.75, 3.05) is 18.5 Å². The van der Waals surface area contributed by atoms with Crippen LogP contribution in [0.2, 0.25) is 0 Å². The van der Waals surface area contributed by atoms with Gasteiger partial charge in [-0.05, 0) is 53.3 Å². The van der Waals surface area contributed by atoms with Crippen LogP contribution in [0.25, 0.3) is 11.0 Å². The van der Waals surface area contributed by atoms with E-state index in [1.807, 2.05) is 22.6 Å². The lowest BCUT2D eigenvalue weighted by molar-refractivity contribution is 0.0473. The van der Waals surface area contributed by atoms with E-state index < -0.39 is 23.9 Å². The van der Waals surface area contributed by atoms with Crippen molar-refractivity contribution in [1.29, 1.82) is 0 Å². The Kier molecular flexibility index (Phi) is 5.21.